The predicted molar refractivity (Wildman–Crippen MR) is 79.3 cm³/mol. The van der Waals surface area contributed by atoms with Crippen LogP contribution in [0.4, 0.5) is 30.6 Å². The molecule has 128 valence electrons. The first-order chi connectivity index (χ1) is 11.3. The molecule has 0 unspecified atom stereocenters. The minimum absolute atomic E-state index is 0.0193. The van der Waals surface area contributed by atoms with Crippen molar-refractivity contribution in [2.24, 2.45) is 0 Å². The van der Waals surface area contributed by atoms with Gasteiger partial charge in [-0.2, -0.15) is 18.2 Å². The van der Waals surface area contributed by atoms with Gasteiger partial charge in [-0.3, -0.25) is 0 Å². The van der Waals surface area contributed by atoms with Crippen LogP contribution in [0.3, 0.4) is 0 Å². The molecule has 3 heterocycles. The van der Waals surface area contributed by atoms with Crippen LogP contribution in [0.1, 0.15) is 5.56 Å². The largest absolute Gasteiger partial charge is 0.481 e. The first-order valence-electron chi connectivity index (χ1n) is 7.00. The van der Waals surface area contributed by atoms with E-state index in [0.717, 1.165) is 0 Å². The van der Waals surface area contributed by atoms with Crippen LogP contribution < -0.4 is 15.0 Å². The zero-order valence-electron chi connectivity index (χ0n) is 12.6. The number of alkyl halides is 3. The molecule has 0 bridgehead atoms. The van der Waals surface area contributed by atoms with Crippen molar-refractivity contribution in [3.8, 4) is 5.88 Å². The van der Waals surface area contributed by atoms with Gasteiger partial charge in [0.25, 0.3) is 0 Å². The van der Waals surface area contributed by atoms with Crippen molar-refractivity contribution >= 4 is 17.5 Å². The molecule has 0 aliphatic carbocycles. The molecule has 0 radical (unpaired) electrons. The number of anilines is 3. The summed E-state index contributed by atoms with van der Waals surface area (Å²) in [5.41, 5.74) is -0.409. The molecular formula is C14H14F3N5O2. The number of rotatable bonds is 4. The van der Waals surface area contributed by atoms with Crippen molar-refractivity contribution in [3.63, 3.8) is 0 Å². The van der Waals surface area contributed by atoms with Crippen molar-refractivity contribution in [2.75, 3.05) is 30.4 Å². The predicted octanol–water partition coefficient (Wildman–Crippen LogP) is 1.82. The second-order valence-electron chi connectivity index (χ2n) is 5.23. The Labute approximate surface area is 135 Å². The fourth-order valence-electron chi connectivity index (χ4n) is 2.14. The number of halogens is 3. The Hall–Kier alpha value is -2.62. The van der Waals surface area contributed by atoms with E-state index in [9.17, 15) is 18.3 Å². The molecule has 10 heteroatoms. The highest BCUT2D eigenvalue weighted by Crippen LogP contribution is 2.29. The van der Waals surface area contributed by atoms with E-state index >= 15 is 0 Å². The molecule has 1 fully saturated rings. The van der Waals surface area contributed by atoms with Crippen LogP contribution in [-0.4, -0.2) is 46.4 Å². The minimum Gasteiger partial charge on any atom is -0.481 e. The molecular weight excluding hydrogens is 327 g/mol. The Bertz CT molecular complexity index is 717. The summed E-state index contributed by atoms with van der Waals surface area (Å²) in [6.07, 6.45) is -3.46. The number of hydrogen-bond donors (Lipinski definition) is 2. The summed E-state index contributed by atoms with van der Waals surface area (Å²) in [7, 11) is 1.45. The van der Waals surface area contributed by atoms with E-state index in [1.807, 2.05) is 4.90 Å². The summed E-state index contributed by atoms with van der Waals surface area (Å²) in [5.74, 6) is 0.920. The van der Waals surface area contributed by atoms with Gasteiger partial charge in [-0.1, -0.05) is 0 Å². The lowest BCUT2D eigenvalue weighted by Gasteiger charge is -2.37. The Morgan fingerprint density at radius 1 is 1.25 bits per heavy atom. The lowest BCUT2D eigenvalue weighted by atomic mass is 10.1. The van der Waals surface area contributed by atoms with Crippen molar-refractivity contribution in [3.05, 3.63) is 30.1 Å². The maximum absolute atomic E-state index is 12.5. The van der Waals surface area contributed by atoms with Crippen LogP contribution >= 0.6 is 0 Å². The van der Waals surface area contributed by atoms with Gasteiger partial charge >= 0.3 is 6.18 Å². The Morgan fingerprint density at radius 2 is 1.92 bits per heavy atom. The van der Waals surface area contributed by atoms with Crippen molar-refractivity contribution in [1.29, 1.82) is 0 Å². The number of aromatic nitrogens is 3. The molecule has 1 aliphatic rings. The number of hydrogen-bond acceptors (Lipinski definition) is 7. The van der Waals surface area contributed by atoms with Gasteiger partial charge in [-0.05, 0) is 0 Å². The zero-order chi connectivity index (χ0) is 17.3. The third-order valence-electron chi connectivity index (χ3n) is 3.42. The van der Waals surface area contributed by atoms with Gasteiger partial charge in [0.1, 0.15) is 5.82 Å². The van der Waals surface area contributed by atoms with E-state index < -0.39 is 17.8 Å². The van der Waals surface area contributed by atoms with Gasteiger partial charge in [0, 0.05) is 43.3 Å². The molecule has 1 aliphatic heterocycles. The second-order valence-corrected chi connectivity index (χ2v) is 5.23. The van der Waals surface area contributed by atoms with E-state index in [-0.39, 0.29) is 5.95 Å². The molecule has 1 saturated heterocycles. The average molecular weight is 341 g/mol. The molecule has 0 aromatic carbocycles. The van der Waals surface area contributed by atoms with E-state index in [1.165, 1.54) is 7.11 Å². The van der Waals surface area contributed by atoms with Crippen LogP contribution in [0.5, 0.6) is 5.88 Å². The fourth-order valence-corrected chi connectivity index (χ4v) is 2.14. The number of methoxy groups -OCH3 is 1. The lowest BCUT2D eigenvalue weighted by Crippen LogP contribution is -2.51. The minimum atomic E-state index is -4.48. The van der Waals surface area contributed by atoms with Crippen LogP contribution in [-0.2, 0) is 6.18 Å². The Balaban J connectivity index is 1.80. The molecule has 2 aromatic heterocycles. The molecule has 0 spiro atoms. The number of nitrogens with zero attached hydrogens (tertiary/aromatic N) is 4. The van der Waals surface area contributed by atoms with Gasteiger partial charge in [0.2, 0.25) is 11.8 Å². The summed E-state index contributed by atoms with van der Waals surface area (Å²) in [5, 5.41) is 12.2. The third-order valence-corrected chi connectivity index (χ3v) is 3.42. The summed E-state index contributed by atoms with van der Waals surface area (Å²) >= 11 is 0. The molecule has 3 rings (SSSR count). The first-order valence-corrected chi connectivity index (χ1v) is 7.00. The fraction of sp³-hybridized carbons (Fsp3) is 0.357. The lowest BCUT2D eigenvalue weighted by molar-refractivity contribution is -0.138. The maximum Gasteiger partial charge on any atom is 0.419 e. The highest BCUT2D eigenvalue weighted by atomic mass is 19.4. The van der Waals surface area contributed by atoms with E-state index in [1.54, 1.807) is 12.1 Å². The summed E-state index contributed by atoms with van der Waals surface area (Å²) in [6, 6.07) is 3.25. The van der Waals surface area contributed by atoms with Crippen LogP contribution in [0, 0.1) is 0 Å². The molecule has 0 amide bonds. The number of aliphatic hydroxyl groups excluding tert-OH is 1. The second kappa shape index (κ2) is 6.11. The monoisotopic (exact) mass is 341 g/mol. The SMILES string of the molecule is COc1cc(Nc2ncc(C(F)(F)F)cn2)cc(N2CC(O)C2)n1. The van der Waals surface area contributed by atoms with Gasteiger partial charge < -0.3 is 20.1 Å². The zero-order valence-corrected chi connectivity index (χ0v) is 12.6. The number of nitrogens with one attached hydrogen (secondary N) is 1. The standard InChI is InChI=1S/C14H14F3N5O2/c1-24-12-3-9(2-11(21-12)22-6-10(23)7-22)20-13-18-4-8(5-19-13)14(15,16)17/h2-5,10,23H,6-7H2,1H3,(H,18,19,20,21). The van der Waals surface area contributed by atoms with Crippen LogP contribution in [0.2, 0.25) is 0 Å². The van der Waals surface area contributed by atoms with Gasteiger partial charge in [-0.15, -0.1) is 0 Å². The van der Waals surface area contributed by atoms with Gasteiger partial charge in [0.15, 0.2) is 0 Å². The van der Waals surface area contributed by atoms with E-state index in [4.69, 9.17) is 4.74 Å². The maximum atomic E-state index is 12.5. The number of aliphatic hydroxyl groups is 1. The topological polar surface area (TPSA) is 83.4 Å². The van der Waals surface area contributed by atoms with Crippen molar-refractivity contribution in [2.45, 2.75) is 12.3 Å². The van der Waals surface area contributed by atoms with E-state index in [0.29, 0.717) is 42.9 Å². The normalized spacial score (nSPS) is 15.1. The molecule has 2 aromatic rings. The molecule has 2 N–H and O–H groups in total. The highest BCUT2D eigenvalue weighted by Gasteiger charge is 2.31. The smallest absolute Gasteiger partial charge is 0.419 e. The van der Waals surface area contributed by atoms with Crippen molar-refractivity contribution in [1.82, 2.24) is 15.0 Å². The first kappa shape index (κ1) is 16.2. The van der Waals surface area contributed by atoms with Crippen LogP contribution in [0.25, 0.3) is 0 Å². The summed E-state index contributed by atoms with van der Waals surface area (Å²) in [6.45, 7) is 0.909. The molecule has 24 heavy (non-hydrogen) atoms. The molecule has 7 nitrogen and oxygen atoms in total. The number of ether oxygens (including phenoxy) is 1. The van der Waals surface area contributed by atoms with Crippen molar-refractivity contribution < 1.29 is 23.0 Å². The number of β-amino-alcohol motifs (C(OH)–C–C–N with tert-alkyl or cyclic N) is 1. The Kier molecular flexibility index (Phi) is 4.14. The molecule has 0 atom stereocenters. The number of pyridine rings is 1. The van der Waals surface area contributed by atoms with Gasteiger partial charge in [-0.25, -0.2) is 9.97 Å². The average Bonchev–Trinajstić information content (AvgIpc) is 2.51. The Morgan fingerprint density at radius 3 is 2.46 bits per heavy atom. The summed E-state index contributed by atoms with van der Waals surface area (Å²) < 4.78 is 42.7. The van der Waals surface area contributed by atoms with Gasteiger partial charge in [0.05, 0.1) is 18.8 Å². The van der Waals surface area contributed by atoms with Crippen LogP contribution in [0.15, 0.2) is 24.5 Å². The third kappa shape index (κ3) is 3.48. The quantitative estimate of drug-likeness (QED) is 0.878. The summed E-state index contributed by atoms with van der Waals surface area (Å²) in [4.78, 5) is 13.4. The van der Waals surface area contributed by atoms with E-state index in [2.05, 4.69) is 20.3 Å². The molecule has 0 saturated carbocycles. The highest BCUT2D eigenvalue weighted by molar-refractivity contribution is 5.61.